The minimum absolute atomic E-state index is 0.0426. The Labute approximate surface area is 132 Å². The molecule has 0 aliphatic carbocycles. The quantitative estimate of drug-likeness (QED) is 0.875. The molecule has 2 rings (SSSR count). The first-order valence-corrected chi connectivity index (χ1v) is 7.12. The van der Waals surface area contributed by atoms with Gasteiger partial charge < -0.3 is 10.5 Å². The maximum Gasteiger partial charge on any atom is 0.359 e. The van der Waals surface area contributed by atoms with Gasteiger partial charge >= 0.3 is 5.97 Å². The van der Waals surface area contributed by atoms with Gasteiger partial charge in [0.25, 0.3) is 0 Å². The third-order valence-electron chi connectivity index (χ3n) is 3.06. The van der Waals surface area contributed by atoms with Gasteiger partial charge in [-0.15, -0.1) is 0 Å². The third-order valence-corrected chi connectivity index (χ3v) is 3.65. The van der Waals surface area contributed by atoms with E-state index in [1.165, 1.54) is 4.68 Å². The highest BCUT2D eigenvalue weighted by molar-refractivity contribution is 6.35. The molecule has 1 aromatic carbocycles. The van der Waals surface area contributed by atoms with Crippen molar-refractivity contribution in [2.75, 3.05) is 5.73 Å². The summed E-state index contributed by atoms with van der Waals surface area (Å²) in [5, 5.41) is 5.15. The van der Waals surface area contributed by atoms with Crippen LogP contribution in [0, 0.1) is 0 Å². The number of hydrogen-bond donors (Lipinski definition) is 1. The fraction of sp³-hybridized carbons (Fsp3) is 0.286. The monoisotopic (exact) mass is 327 g/mol. The van der Waals surface area contributed by atoms with Crippen molar-refractivity contribution in [1.29, 1.82) is 0 Å². The van der Waals surface area contributed by atoms with Gasteiger partial charge in [-0.25, -0.2) is 4.79 Å². The van der Waals surface area contributed by atoms with E-state index in [0.717, 1.165) is 0 Å². The lowest BCUT2D eigenvalue weighted by atomic mass is 10.2. The average Bonchev–Trinajstić information content (AvgIpc) is 2.72. The zero-order valence-electron chi connectivity index (χ0n) is 11.7. The third kappa shape index (κ3) is 3.31. The molecular weight excluding hydrogens is 313 g/mol. The standard InChI is InChI=1S/C14H15Cl2N3O2/c1-3-11-12(17)13(19(2)18-11)14(20)21-7-8-4-5-9(15)6-10(8)16/h4-6H,3,7,17H2,1-2H3. The van der Waals surface area contributed by atoms with Gasteiger partial charge in [0.1, 0.15) is 6.61 Å². The van der Waals surface area contributed by atoms with Gasteiger partial charge in [-0.1, -0.05) is 36.2 Å². The lowest BCUT2D eigenvalue weighted by Crippen LogP contribution is -2.12. The summed E-state index contributed by atoms with van der Waals surface area (Å²) in [7, 11) is 1.65. The molecule has 0 spiro atoms. The second kappa shape index (κ2) is 6.37. The SMILES string of the molecule is CCc1nn(C)c(C(=O)OCc2ccc(Cl)cc2Cl)c1N. The van der Waals surface area contributed by atoms with Gasteiger partial charge in [-0.3, -0.25) is 4.68 Å². The molecular formula is C14H15Cl2N3O2. The number of rotatable bonds is 4. The minimum Gasteiger partial charge on any atom is -0.456 e. The van der Waals surface area contributed by atoms with E-state index in [1.807, 2.05) is 6.92 Å². The highest BCUT2D eigenvalue weighted by Gasteiger charge is 2.20. The first-order valence-electron chi connectivity index (χ1n) is 6.36. The number of benzene rings is 1. The number of halogens is 2. The van der Waals surface area contributed by atoms with E-state index in [1.54, 1.807) is 25.2 Å². The zero-order chi connectivity index (χ0) is 15.6. The molecule has 7 heteroatoms. The summed E-state index contributed by atoms with van der Waals surface area (Å²) in [6.07, 6.45) is 0.649. The van der Waals surface area contributed by atoms with Gasteiger partial charge in [0, 0.05) is 22.7 Å². The molecule has 0 saturated carbocycles. The van der Waals surface area contributed by atoms with E-state index in [4.69, 9.17) is 33.7 Å². The van der Waals surface area contributed by atoms with Crippen molar-refractivity contribution in [3.63, 3.8) is 0 Å². The average molecular weight is 328 g/mol. The van der Waals surface area contributed by atoms with E-state index >= 15 is 0 Å². The van der Waals surface area contributed by atoms with Crippen molar-refractivity contribution in [3.05, 3.63) is 45.2 Å². The van der Waals surface area contributed by atoms with E-state index < -0.39 is 5.97 Å². The number of carbonyl (C=O) groups excluding carboxylic acids is 1. The Morgan fingerprint density at radius 2 is 2.14 bits per heavy atom. The van der Waals surface area contributed by atoms with Crippen LogP contribution in [0.15, 0.2) is 18.2 Å². The Hall–Kier alpha value is -1.72. The molecule has 0 aliphatic heterocycles. The van der Waals surface area contributed by atoms with Crippen molar-refractivity contribution in [2.45, 2.75) is 20.0 Å². The lowest BCUT2D eigenvalue weighted by Gasteiger charge is -2.07. The van der Waals surface area contributed by atoms with Gasteiger partial charge in [0.15, 0.2) is 5.69 Å². The van der Waals surface area contributed by atoms with E-state index in [0.29, 0.717) is 33.4 Å². The summed E-state index contributed by atoms with van der Waals surface area (Å²) in [6.45, 7) is 1.96. The zero-order valence-corrected chi connectivity index (χ0v) is 13.2. The van der Waals surface area contributed by atoms with Crippen LogP contribution in [-0.4, -0.2) is 15.7 Å². The molecule has 0 unspecified atom stereocenters. The van der Waals surface area contributed by atoms with Gasteiger partial charge in [-0.2, -0.15) is 5.10 Å². The van der Waals surface area contributed by atoms with Crippen molar-refractivity contribution < 1.29 is 9.53 Å². The van der Waals surface area contributed by atoms with Gasteiger partial charge in [0.05, 0.1) is 11.4 Å². The summed E-state index contributed by atoms with van der Waals surface area (Å²) in [6, 6.07) is 4.99. The second-order valence-corrected chi connectivity index (χ2v) is 5.34. The normalized spacial score (nSPS) is 10.7. The van der Waals surface area contributed by atoms with Crippen LogP contribution in [0.3, 0.4) is 0 Å². The topological polar surface area (TPSA) is 70.1 Å². The molecule has 0 saturated heterocycles. The number of carbonyl (C=O) groups is 1. The highest BCUT2D eigenvalue weighted by atomic mass is 35.5. The van der Waals surface area contributed by atoms with Crippen LogP contribution in [0.25, 0.3) is 0 Å². The fourth-order valence-corrected chi connectivity index (χ4v) is 2.41. The van der Waals surface area contributed by atoms with E-state index in [9.17, 15) is 4.79 Å². The summed E-state index contributed by atoms with van der Waals surface area (Å²) >= 11 is 11.8. The number of nitrogen functional groups attached to an aromatic ring is 1. The van der Waals surface area contributed by atoms with Crippen molar-refractivity contribution in [1.82, 2.24) is 9.78 Å². The van der Waals surface area contributed by atoms with Crippen LogP contribution >= 0.6 is 23.2 Å². The number of ether oxygens (including phenoxy) is 1. The van der Waals surface area contributed by atoms with Crippen LogP contribution in [-0.2, 0) is 24.8 Å². The molecule has 0 bridgehead atoms. The Morgan fingerprint density at radius 1 is 1.43 bits per heavy atom. The molecule has 0 fully saturated rings. The fourth-order valence-electron chi connectivity index (χ4n) is 1.95. The largest absolute Gasteiger partial charge is 0.456 e. The smallest absolute Gasteiger partial charge is 0.359 e. The first-order chi connectivity index (χ1) is 9.93. The minimum atomic E-state index is -0.534. The Bertz CT molecular complexity index is 683. The van der Waals surface area contributed by atoms with Crippen molar-refractivity contribution in [2.24, 2.45) is 7.05 Å². The van der Waals surface area contributed by atoms with E-state index in [2.05, 4.69) is 5.10 Å². The van der Waals surface area contributed by atoms with Crippen LogP contribution in [0.4, 0.5) is 5.69 Å². The summed E-state index contributed by atoms with van der Waals surface area (Å²) in [5.74, 6) is -0.534. The Kier molecular flexibility index (Phi) is 4.75. The molecule has 0 aliphatic rings. The lowest BCUT2D eigenvalue weighted by molar-refractivity contribution is 0.0461. The second-order valence-electron chi connectivity index (χ2n) is 4.50. The summed E-state index contributed by atoms with van der Waals surface area (Å²) < 4.78 is 6.68. The Balaban J connectivity index is 2.14. The van der Waals surface area contributed by atoms with Crippen molar-refractivity contribution >= 4 is 34.9 Å². The highest BCUT2D eigenvalue weighted by Crippen LogP contribution is 2.23. The molecule has 0 atom stereocenters. The Morgan fingerprint density at radius 3 is 2.71 bits per heavy atom. The predicted octanol–water partition coefficient (Wildman–Crippen LogP) is 3.23. The number of anilines is 1. The molecule has 0 radical (unpaired) electrons. The van der Waals surface area contributed by atoms with Crippen LogP contribution in [0.1, 0.15) is 28.7 Å². The molecule has 0 amide bonds. The molecule has 5 nitrogen and oxygen atoms in total. The molecule has 112 valence electrons. The number of nitrogens with two attached hydrogens (primary N) is 1. The van der Waals surface area contributed by atoms with Gasteiger partial charge in [0.2, 0.25) is 0 Å². The van der Waals surface area contributed by atoms with Gasteiger partial charge in [-0.05, 0) is 18.6 Å². The van der Waals surface area contributed by atoms with Crippen molar-refractivity contribution in [3.8, 4) is 0 Å². The maximum absolute atomic E-state index is 12.1. The maximum atomic E-state index is 12.1. The predicted molar refractivity (Wildman–Crippen MR) is 82.6 cm³/mol. The summed E-state index contributed by atoms with van der Waals surface area (Å²) in [4.78, 5) is 12.1. The molecule has 2 aromatic rings. The number of nitrogens with zero attached hydrogens (tertiary/aromatic N) is 2. The van der Waals surface area contributed by atoms with Crippen LogP contribution < -0.4 is 5.73 Å². The van der Waals surface area contributed by atoms with Crippen LogP contribution in [0.2, 0.25) is 10.0 Å². The number of esters is 1. The van der Waals surface area contributed by atoms with Crippen LogP contribution in [0.5, 0.6) is 0 Å². The molecule has 1 aromatic heterocycles. The number of hydrogen-bond acceptors (Lipinski definition) is 4. The molecule has 2 N–H and O–H groups in total. The summed E-state index contributed by atoms with van der Waals surface area (Å²) in [5.41, 5.74) is 7.85. The number of aromatic nitrogens is 2. The number of aryl methyl sites for hydroxylation is 2. The first kappa shape index (κ1) is 15.7. The molecule has 1 heterocycles. The molecule has 21 heavy (non-hydrogen) atoms. The van der Waals surface area contributed by atoms with E-state index in [-0.39, 0.29) is 12.3 Å².